The predicted molar refractivity (Wildman–Crippen MR) is 82.5 cm³/mol. The molecule has 0 saturated heterocycles. The van der Waals surface area contributed by atoms with Crippen LogP contribution in [0.2, 0.25) is 0 Å². The van der Waals surface area contributed by atoms with E-state index in [0.29, 0.717) is 0 Å². The van der Waals surface area contributed by atoms with Crippen LogP contribution in [-0.4, -0.2) is 39.6 Å². The quantitative estimate of drug-likeness (QED) is 0.555. The third-order valence-electron chi connectivity index (χ3n) is 3.56. The molecule has 1 aliphatic rings. The topological polar surface area (TPSA) is 27.7 Å². The molecular formula is C15H32O3Si. The maximum Gasteiger partial charge on any atom is 0.193 e. The van der Waals surface area contributed by atoms with E-state index in [1.807, 2.05) is 0 Å². The van der Waals surface area contributed by atoms with Gasteiger partial charge < -0.3 is 14.2 Å². The second kappa shape index (κ2) is 6.70. The Morgan fingerprint density at radius 3 is 1.58 bits per heavy atom. The van der Waals surface area contributed by atoms with E-state index in [1.54, 1.807) is 0 Å². The molecule has 1 rings (SSSR count). The molecular weight excluding hydrogens is 256 g/mol. The van der Waals surface area contributed by atoms with Gasteiger partial charge in [-0.05, 0) is 54.4 Å². The van der Waals surface area contributed by atoms with Gasteiger partial charge in [-0.1, -0.05) is 6.42 Å². The highest BCUT2D eigenvalue weighted by Gasteiger charge is 2.54. The third kappa shape index (κ3) is 4.28. The Bertz CT molecular complexity index is 269. The Morgan fingerprint density at radius 2 is 1.16 bits per heavy atom. The van der Waals surface area contributed by atoms with E-state index in [2.05, 4.69) is 41.5 Å². The van der Waals surface area contributed by atoms with Gasteiger partial charge in [-0.3, -0.25) is 0 Å². The molecule has 0 aromatic heterocycles. The van der Waals surface area contributed by atoms with Gasteiger partial charge in [-0.2, -0.15) is 0 Å². The van der Waals surface area contributed by atoms with Gasteiger partial charge in [0.15, 0.2) is 5.79 Å². The van der Waals surface area contributed by atoms with Crippen LogP contribution in [0.1, 0.15) is 67.2 Å². The molecule has 0 aromatic carbocycles. The van der Waals surface area contributed by atoms with Crippen LogP contribution >= 0.6 is 0 Å². The smallest absolute Gasteiger partial charge is 0.193 e. The number of hydrogen-bond acceptors (Lipinski definition) is 3. The molecule has 0 aromatic rings. The first-order valence-corrected chi connectivity index (χ1v) is 8.74. The van der Waals surface area contributed by atoms with Gasteiger partial charge >= 0.3 is 0 Å². The Kier molecular flexibility index (Phi) is 6.05. The van der Waals surface area contributed by atoms with Crippen molar-refractivity contribution in [3.63, 3.8) is 0 Å². The van der Waals surface area contributed by atoms with Crippen LogP contribution in [0.15, 0.2) is 0 Å². The molecule has 19 heavy (non-hydrogen) atoms. The number of ether oxygens (including phenoxy) is 3. The Hall–Kier alpha value is 0.0969. The van der Waals surface area contributed by atoms with Crippen LogP contribution in [0.4, 0.5) is 0 Å². The minimum atomic E-state index is -0.552. The summed E-state index contributed by atoms with van der Waals surface area (Å²) in [6, 6.07) is 0. The summed E-state index contributed by atoms with van der Waals surface area (Å²) in [4.78, 5) is 0. The standard InChI is InChI=1S/C15H32O3Si/c1-11(2)16-14(17-12(3)4)9-7-8-10-15(14,19)18-13(5)6/h11-13H,7-10H2,1-6,19H3. The van der Waals surface area contributed by atoms with E-state index in [0.717, 1.165) is 29.5 Å². The lowest BCUT2D eigenvalue weighted by Gasteiger charge is -2.52. The van der Waals surface area contributed by atoms with Crippen LogP contribution in [0.25, 0.3) is 0 Å². The van der Waals surface area contributed by atoms with Gasteiger partial charge in [0.25, 0.3) is 0 Å². The summed E-state index contributed by atoms with van der Waals surface area (Å²) in [6.07, 6.45) is 4.88. The summed E-state index contributed by atoms with van der Waals surface area (Å²) >= 11 is 0. The molecule has 1 unspecified atom stereocenters. The van der Waals surface area contributed by atoms with Crippen LogP contribution < -0.4 is 0 Å². The molecule has 4 heteroatoms. The van der Waals surface area contributed by atoms with Crippen molar-refractivity contribution in [1.29, 1.82) is 0 Å². The van der Waals surface area contributed by atoms with Crippen molar-refractivity contribution >= 4 is 10.2 Å². The van der Waals surface area contributed by atoms with E-state index in [9.17, 15) is 0 Å². The molecule has 0 amide bonds. The Morgan fingerprint density at radius 1 is 0.737 bits per heavy atom. The minimum absolute atomic E-state index is 0.154. The number of rotatable bonds is 6. The zero-order valence-corrected chi connectivity index (χ0v) is 15.8. The molecule has 0 heterocycles. The Labute approximate surface area is 121 Å². The fraction of sp³-hybridized carbons (Fsp3) is 1.00. The van der Waals surface area contributed by atoms with Crippen LogP contribution in [-0.2, 0) is 14.2 Å². The van der Waals surface area contributed by atoms with E-state index in [4.69, 9.17) is 14.2 Å². The minimum Gasteiger partial charge on any atom is -0.371 e. The van der Waals surface area contributed by atoms with Gasteiger partial charge in [0.1, 0.15) is 5.22 Å². The lowest BCUT2D eigenvalue weighted by molar-refractivity contribution is -0.346. The lowest BCUT2D eigenvalue weighted by Crippen LogP contribution is -2.63. The highest BCUT2D eigenvalue weighted by Crippen LogP contribution is 2.43. The summed E-state index contributed by atoms with van der Waals surface area (Å²) in [6.45, 7) is 12.5. The van der Waals surface area contributed by atoms with Gasteiger partial charge in [0, 0.05) is 6.42 Å². The second-order valence-corrected chi connectivity index (χ2v) is 8.31. The summed E-state index contributed by atoms with van der Waals surface area (Å²) in [5.74, 6) is -0.552. The van der Waals surface area contributed by atoms with Crippen LogP contribution in [0.3, 0.4) is 0 Å². The first-order valence-electron chi connectivity index (χ1n) is 7.74. The largest absolute Gasteiger partial charge is 0.371 e. The normalized spacial score (nSPS) is 27.6. The molecule has 114 valence electrons. The maximum absolute atomic E-state index is 6.31. The zero-order valence-electron chi connectivity index (χ0n) is 13.8. The highest BCUT2D eigenvalue weighted by atomic mass is 28.1. The molecule has 1 fully saturated rings. The van der Waals surface area contributed by atoms with E-state index >= 15 is 0 Å². The van der Waals surface area contributed by atoms with E-state index in [-0.39, 0.29) is 23.5 Å². The highest BCUT2D eigenvalue weighted by molar-refractivity contribution is 6.15. The Balaban J connectivity index is 3.05. The van der Waals surface area contributed by atoms with Crippen molar-refractivity contribution in [2.24, 2.45) is 0 Å². The van der Waals surface area contributed by atoms with Crippen molar-refractivity contribution in [2.45, 2.75) is 96.5 Å². The fourth-order valence-electron chi connectivity index (χ4n) is 3.10. The van der Waals surface area contributed by atoms with Gasteiger partial charge in [0.05, 0.1) is 28.6 Å². The summed E-state index contributed by atoms with van der Waals surface area (Å²) < 4.78 is 18.9. The van der Waals surface area contributed by atoms with Crippen molar-refractivity contribution < 1.29 is 14.2 Å². The first kappa shape index (κ1) is 17.1. The summed E-state index contributed by atoms with van der Waals surface area (Å²) in [7, 11) is 0.924. The second-order valence-electron chi connectivity index (χ2n) is 6.69. The molecule has 0 spiro atoms. The van der Waals surface area contributed by atoms with Crippen molar-refractivity contribution in [3.8, 4) is 0 Å². The molecule has 0 bridgehead atoms. The lowest BCUT2D eigenvalue weighted by atomic mass is 9.89. The molecule has 1 aliphatic carbocycles. The SMILES string of the molecule is CC(C)OC1([SiH3])CCCCC1(OC(C)C)OC(C)C. The third-order valence-corrected chi connectivity index (χ3v) is 5.06. The van der Waals surface area contributed by atoms with E-state index < -0.39 is 5.79 Å². The molecule has 0 aliphatic heterocycles. The zero-order chi connectivity index (χ0) is 14.7. The molecule has 1 atom stereocenters. The molecule has 1 saturated carbocycles. The van der Waals surface area contributed by atoms with Crippen molar-refractivity contribution in [2.75, 3.05) is 0 Å². The van der Waals surface area contributed by atoms with Gasteiger partial charge in [0.2, 0.25) is 0 Å². The van der Waals surface area contributed by atoms with E-state index in [1.165, 1.54) is 6.42 Å². The average Bonchev–Trinajstić information content (AvgIpc) is 2.19. The average molecular weight is 289 g/mol. The molecule has 0 N–H and O–H groups in total. The monoisotopic (exact) mass is 288 g/mol. The van der Waals surface area contributed by atoms with Gasteiger partial charge in [-0.25, -0.2) is 0 Å². The summed E-state index contributed by atoms with van der Waals surface area (Å²) in [5, 5.41) is -0.228. The predicted octanol–water partition coefficient (Wildman–Crippen LogP) is 2.59. The first-order chi connectivity index (χ1) is 8.71. The van der Waals surface area contributed by atoms with Crippen LogP contribution in [0.5, 0.6) is 0 Å². The fourth-order valence-corrected chi connectivity index (χ4v) is 4.41. The maximum atomic E-state index is 6.31. The summed E-state index contributed by atoms with van der Waals surface area (Å²) in [5.41, 5.74) is 0. The van der Waals surface area contributed by atoms with Crippen LogP contribution in [0, 0.1) is 0 Å². The van der Waals surface area contributed by atoms with Crippen molar-refractivity contribution in [3.05, 3.63) is 0 Å². The molecule has 3 nitrogen and oxygen atoms in total. The molecule has 0 radical (unpaired) electrons. The van der Waals surface area contributed by atoms with Crippen molar-refractivity contribution in [1.82, 2.24) is 0 Å². The number of hydrogen-bond donors (Lipinski definition) is 0. The van der Waals surface area contributed by atoms with Gasteiger partial charge in [-0.15, -0.1) is 0 Å².